The quantitative estimate of drug-likeness (QED) is 0.526. The Morgan fingerprint density at radius 3 is 2.28 bits per heavy atom. The Kier molecular flexibility index (Phi) is 4.56. The Labute approximate surface area is 154 Å². The van der Waals surface area contributed by atoms with Gasteiger partial charge in [0.25, 0.3) is 0 Å². The largest absolute Gasteiger partial charge is 0.298 e. The molecule has 3 aliphatic rings. The summed E-state index contributed by atoms with van der Waals surface area (Å²) in [4.78, 5) is 2.66. The van der Waals surface area contributed by atoms with Crippen molar-refractivity contribution in [2.24, 2.45) is 5.41 Å². The van der Waals surface area contributed by atoms with Crippen LogP contribution in [0.4, 0.5) is 0 Å². The van der Waals surface area contributed by atoms with E-state index in [0.29, 0.717) is 5.41 Å². The first kappa shape index (κ1) is 17.3. The number of rotatable bonds is 7. The zero-order chi connectivity index (χ0) is 17.6. The van der Waals surface area contributed by atoms with Crippen LogP contribution in [0.25, 0.3) is 0 Å². The fraction of sp³-hybridized carbons (Fsp3) is 0.667. The Morgan fingerprint density at radius 2 is 1.76 bits per heavy atom. The van der Waals surface area contributed by atoms with Gasteiger partial charge in [-0.25, -0.2) is 0 Å². The van der Waals surface area contributed by atoms with Crippen LogP contribution in [-0.4, -0.2) is 18.0 Å². The molecule has 1 aromatic rings. The molecule has 25 heavy (non-hydrogen) atoms. The number of hydrogen-bond acceptors (Lipinski definition) is 1. The van der Waals surface area contributed by atoms with Crippen molar-refractivity contribution in [3.8, 4) is 0 Å². The number of aryl methyl sites for hydroxylation is 1. The van der Waals surface area contributed by atoms with Crippen LogP contribution < -0.4 is 0 Å². The van der Waals surface area contributed by atoms with Gasteiger partial charge in [-0.3, -0.25) is 4.90 Å². The molecule has 1 heterocycles. The number of hydrogen-bond donors (Lipinski definition) is 0. The van der Waals surface area contributed by atoms with Crippen LogP contribution in [0.2, 0.25) is 0 Å². The van der Waals surface area contributed by atoms with E-state index in [1.165, 1.54) is 69.2 Å². The van der Waals surface area contributed by atoms with E-state index in [0.717, 1.165) is 18.4 Å². The molecule has 0 bridgehead atoms. The van der Waals surface area contributed by atoms with Crippen molar-refractivity contribution in [2.45, 2.75) is 84.1 Å². The maximum Gasteiger partial charge on any atom is 0.0236 e. The number of nitrogens with zero attached hydrogens (tertiary/aromatic N) is 1. The van der Waals surface area contributed by atoms with Gasteiger partial charge in [0.05, 0.1) is 0 Å². The van der Waals surface area contributed by atoms with Crippen molar-refractivity contribution in [1.82, 2.24) is 4.90 Å². The lowest BCUT2D eigenvalue weighted by atomic mass is 9.72. The molecule has 0 amide bonds. The number of allylic oxidation sites excluding steroid dienone is 1. The van der Waals surface area contributed by atoms with E-state index in [9.17, 15) is 0 Å². The summed E-state index contributed by atoms with van der Waals surface area (Å²) >= 11 is 0. The number of benzene rings is 1. The Bertz CT molecular complexity index is 657. The fourth-order valence-corrected chi connectivity index (χ4v) is 5.14. The zero-order valence-electron chi connectivity index (χ0n) is 16.5. The van der Waals surface area contributed by atoms with Gasteiger partial charge in [0, 0.05) is 19.6 Å². The van der Waals surface area contributed by atoms with Crippen LogP contribution in [0.15, 0.2) is 24.3 Å². The highest BCUT2D eigenvalue weighted by Gasteiger charge is 2.41. The molecule has 0 atom stereocenters. The number of likely N-dealkylation sites (tertiary alicyclic amines) is 1. The first-order valence-corrected chi connectivity index (χ1v) is 10.5. The molecule has 0 N–H and O–H groups in total. The van der Waals surface area contributed by atoms with Gasteiger partial charge in [0.1, 0.15) is 0 Å². The van der Waals surface area contributed by atoms with Gasteiger partial charge < -0.3 is 0 Å². The minimum absolute atomic E-state index is 0.505. The van der Waals surface area contributed by atoms with Crippen LogP contribution in [0.3, 0.4) is 0 Å². The minimum atomic E-state index is 0.505. The molecule has 2 aliphatic carbocycles. The van der Waals surface area contributed by atoms with Gasteiger partial charge in [-0.05, 0) is 91.9 Å². The molecular weight excluding hydrogens is 302 g/mol. The van der Waals surface area contributed by atoms with E-state index in [4.69, 9.17) is 0 Å². The molecule has 0 radical (unpaired) electrons. The smallest absolute Gasteiger partial charge is 0.0236 e. The third-order valence-corrected chi connectivity index (χ3v) is 7.04. The van der Waals surface area contributed by atoms with E-state index >= 15 is 0 Å². The van der Waals surface area contributed by atoms with Gasteiger partial charge in [-0.1, -0.05) is 31.1 Å². The first-order valence-electron chi connectivity index (χ1n) is 10.5. The lowest BCUT2D eigenvalue weighted by molar-refractivity contribution is -0.00877. The molecule has 1 nitrogen and oxygen atoms in total. The maximum absolute atomic E-state index is 4.15. The van der Waals surface area contributed by atoms with Gasteiger partial charge in [-0.15, -0.1) is 6.58 Å². The van der Waals surface area contributed by atoms with Crippen molar-refractivity contribution >= 4 is 0 Å². The summed E-state index contributed by atoms with van der Waals surface area (Å²) in [7, 11) is 0. The minimum Gasteiger partial charge on any atom is -0.298 e. The standard InChI is InChI=1S/C24H35N/c1-5-24(13-17(2)3)15-25(16-24)14-21-12-23(20-9-10-20)22(11-18(21)4)19-7-6-8-19/h11-12,19-20H,2,5-10,13-16H2,1,3-4H3. The molecule has 0 unspecified atom stereocenters. The van der Waals surface area contributed by atoms with E-state index in [1.54, 1.807) is 16.7 Å². The van der Waals surface area contributed by atoms with Crippen LogP contribution >= 0.6 is 0 Å². The Hall–Kier alpha value is -1.08. The highest BCUT2D eigenvalue weighted by Crippen LogP contribution is 2.48. The van der Waals surface area contributed by atoms with Crippen LogP contribution in [0.5, 0.6) is 0 Å². The maximum atomic E-state index is 4.15. The molecule has 1 aliphatic heterocycles. The van der Waals surface area contributed by atoms with Crippen molar-refractivity contribution in [1.29, 1.82) is 0 Å². The molecule has 2 saturated carbocycles. The summed E-state index contributed by atoms with van der Waals surface area (Å²) in [6, 6.07) is 5.17. The van der Waals surface area contributed by atoms with Gasteiger partial charge in [0.15, 0.2) is 0 Å². The second kappa shape index (κ2) is 6.58. The average molecular weight is 338 g/mol. The lowest BCUT2D eigenvalue weighted by Crippen LogP contribution is -2.55. The summed E-state index contributed by atoms with van der Waals surface area (Å²) in [5, 5.41) is 0. The molecule has 0 aromatic heterocycles. The highest BCUT2D eigenvalue weighted by molar-refractivity contribution is 5.44. The summed E-state index contributed by atoms with van der Waals surface area (Å²) < 4.78 is 0. The van der Waals surface area contributed by atoms with E-state index < -0.39 is 0 Å². The summed E-state index contributed by atoms with van der Waals surface area (Å²) in [5.74, 6) is 1.75. The van der Waals surface area contributed by atoms with Crippen LogP contribution in [0, 0.1) is 12.3 Å². The summed E-state index contributed by atoms with van der Waals surface area (Å²) in [5.41, 5.74) is 8.40. The second-order valence-electron chi connectivity index (χ2n) is 9.44. The second-order valence-corrected chi connectivity index (χ2v) is 9.44. The first-order chi connectivity index (χ1) is 12.0. The van der Waals surface area contributed by atoms with Gasteiger partial charge in [-0.2, -0.15) is 0 Å². The van der Waals surface area contributed by atoms with Crippen molar-refractivity contribution in [2.75, 3.05) is 13.1 Å². The zero-order valence-corrected chi connectivity index (χ0v) is 16.5. The third kappa shape index (κ3) is 3.45. The molecule has 1 saturated heterocycles. The van der Waals surface area contributed by atoms with E-state index in [2.05, 4.69) is 44.4 Å². The van der Waals surface area contributed by atoms with Crippen LogP contribution in [-0.2, 0) is 6.54 Å². The monoisotopic (exact) mass is 337 g/mol. The molecular formula is C24H35N. The van der Waals surface area contributed by atoms with Crippen LogP contribution in [0.1, 0.15) is 92.9 Å². The predicted molar refractivity (Wildman–Crippen MR) is 107 cm³/mol. The lowest BCUT2D eigenvalue weighted by Gasteiger charge is -2.51. The normalized spacial score (nSPS) is 23.2. The van der Waals surface area contributed by atoms with Gasteiger partial charge in [0.2, 0.25) is 0 Å². The average Bonchev–Trinajstić information content (AvgIpc) is 3.29. The Morgan fingerprint density at radius 1 is 1.12 bits per heavy atom. The summed E-state index contributed by atoms with van der Waals surface area (Å²) in [6.07, 6.45) is 9.60. The SMILES string of the molecule is C=C(C)CC1(CC)CN(Cc2cc(C3CC3)c(C3CCC3)cc2C)C1. The van der Waals surface area contributed by atoms with Crippen molar-refractivity contribution < 1.29 is 0 Å². The van der Waals surface area contributed by atoms with E-state index in [-0.39, 0.29) is 0 Å². The molecule has 4 rings (SSSR count). The third-order valence-electron chi connectivity index (χ3n) is 7.04. The van der Waals surface area contributed by atoms with E-state index in [1.807, 2.05) is 0 Å². The molecule has 1 heteroatoms. The van der Waals surface area contributed by atoms with Crippen molar-refractivity contribution in [3.05, 3.63) is 46.5 Å². The molecule has 1 aromatic carbocycles. The van der Waals surface area contributed by atoms with Gasteiger partial charge >= 0.3 is 0 Å². The molecule has 3 fully saturated rings. The summed E-state index contributed by atoms with van der Waals surface area (Å²) in [6.45, 7) is 14.7. The fourth-order valence-electron chi connectivity index (χ4n) is 5.14. The topological polar surface area (TPSA) is 3.24 Å². The predicted octanol–water partition coefficient (Wildman–Crippen LogP) is 6.32. The molecule has 136 valence electrons. The molecule has 0 spiro atoms. The Balaban J connectivity index is 1.48. The van der Waals surface area contributed by atoms with Crippen molar-refractivity contribution in [3.63, 3.8) is 0 Å². The highest BCUT2D eigenvalue weighted by atomic mass is 15.2.